The Morgan fingerprint density at radius 3 is 3.06 bits per heavy atom. The highest BCUT2D eigenvalue weighted by atomic mass is 32.1. The van der Waals surface area contributed by atoms with Crippen LogP contribution in [0.1, 0.15) is 15.2 Å². The van der Waals surface area contributed by atoms with Gasteiger partial charge in [0.15, 0.2) is 0 Å². The Hall–Kier alpha value is -1.82. The molecule has 0 radical (unpaired) electrons. The molecule has 2 rings (SSSR count). The lowest BCUT2D eigenvalue weighted by molar-refractivity contribution is 0.0697. The summed E-state index contributed by atoms with van der Waals surface area (Å²) >= 11 is 1.43. The first-order chi connectivity index (χ1) is 7.65. The van der Waals surface area contributed by atoms with Gasteiger partial charge in [-0.25, -0.2) is 4.79 Å². The molecule has 0 unspecified atom stereocenters. The summed E-state index contributed by atoms with van der Waals surface area (Å²) in [6, 6.07) is 1.68. The second-order valence-corrected chi connectivity index (χ2v) is 4.36. The van der Waals surface area contributed by atoms with E-state index in [-0.39, 0.29) is 0 Å². The third kappa shape index (κ3) is 2.40. The molecule has 0 aromatic carbocycles. The third-order valence-corrected chi connectivity index (χ3v) is 3.01. The summed E-state index contributed by atoms with van der Waals surface area (Å²) in [4.78, 5) is 11.7. The Kier molecular flexibility index (Phi) is 2.91. The number of aryl methyl sites for hydroxylation is 1. The van der Waals surface area contributed by atoms with Crippen molar-refractivity contribution < 1.29 is 9.90 Å². The number of aromatic carboxylic acids is 1. The Labute approximate surface area is 96.3 Å². The second kappa shape index (κ2) is 4.36. The van der Waals surface area contributed by atoms with Crippen LogP contribution >= 0.6 is 11.3 Å². The molecule has 0 bridgehead atoms. The van der Waals surface area contributed by atoms with E-state index in [2.05, 4.69) is 10.4 Å². The van der Waals surface area contributed by atoms with Crippen LogP contribution < -0.4 is 5.32 Å². The lowest BCUT2D eigenvalue weighted by atomic mass is 10.3. The molecule has 0 amide bonds. The molecule has 16 heavy (non-hydrogen) atoms. The van der Waals surface area contributed by atoms with Gasteiger partial charge < -0.3 is 10.4 Å². The van der Waals surface area contributed by atoms with Crippen molar-refractivity contribution >= 4 is 23.0 Å². The molecule has 5 nitrogen and oxygen atoms in total. The van der Waals surface area contributed by atoms with Crippen LogP contribution in [0.5, 0.6) is 0 Å². The summed E-state index contributed by atoms with van der Waals surface area (Å²) in [6.45, 7) is 0.615. The first-order valence-corrected chi connectivity index (χ1v) is 5.56. The molecule has 2 N–H and O–H groups in total. The summed E-state index contributed by atoms with van der Waals surface area (Å²) in [5.41, 5.74) is 1.26. The van der Waals surface area contributed by atoms with Crippen LogP contribution in [0, 0.1) is 0 Å². The zero-order valence-electron chi connectivity index (χ0n) is 8.67. The third-order valence-electron chi connectivity index (χ3n) is 2.07. The Morgan fingerprint density at radius 2 is 2.50 bits per heavy atom. The normalized spacial score (nSPS) is 10.3. The van der Waals surface area contributed by atoms with Crippen LogP contribution in [0.4, 0.5) is 5.69 Å². The van der Waals surface area contributed by atoms with Crippen molar-refractivity contribution in [2.24, 2.45) is 7.05 Å². The molecular weight excluding hydrogens is 226 g/mol. The number of anilines is 1. The highest BCUT2D eigenvalue weighted by Crippen LogP contribution is 2.16. The number of carboxylic acid groups (broad SMARTS) is 1. The quantitative estimate of drug-likeness (QED) is 0.850. The van der Waals surface area contributed by atoms with E-state index in [1.165, 1.54) is 11.3 Å². The predicted octanol–water partition coefficient (Wildman–Crippen LogP) is 1.79. The van der Waals surface area contributed by atoms with Crippen LogP contribution in [0.3, 0.4) is 0 Å². The molecule has 2 aromatic rings. The Morgan fingerprint density at radius 1 is 1.69 bits per heavy atom. The lowest BCUT2D eigenvalue weighted by Gasteiger charge is -1.99. The van der Waals surface area contributed by atoms with Crippen molar-refractivity contribution in [3.8, 4) is 0 Å². The molecule has 0 saturated heterocycles. The van der Waals surface area contributed by atoms with Gasteiger partial charge in [-0.05, 0) is 6.07 Å². The SMILES string of the molecule is Cn1cc(NCc2cc(C(=O)O)cs2)cn1. The number of carbonyl (C=O) groups is 1. The van der Waals surface area contributed by atoms with Gasteiger partial charge in [0.2, 0.25) is 0 Å². The monoisotopic (exact) mass is 237 g/mol. The van der Waals surface area contributed by atoms with Crippen molar-refractivity contribution in [3.63, 3.8) is 0 Å². The van der Waals surface area contributed by atoms with Crippen molar-refractivity contribution in [2.45, 2.75) is 6.54 Å². The number of hydrogen-bond acceptors (Lipinski definition) is 4. The maximum atomic E-state index is 10.7. The zero-order chi connectivity index (χ0) is 11.5. The van der Waals surface area contributed by atoms with Crippen molar-refractivity contribution in [3.05, 3.63) is 34.3 Å². The van der Waals surface area contributed by atoms with E-state index in [0.29, 0.717) is 12.1 Å². The van der Waals surface area contributed by atoms with Crippen molar-refractivity contribution in [2.75, 3.05) is 5.32 Å². The maximum absolute atomic E-state index is 10.7. The fourth-order valence-electron chi connectivity index (χ4n) is 1.29. The molecular formula is C10H11N3O2S. The van der Waals surface area contributed by atoms with Crippen molar-refractivity contribution in [1.29, 1.82) is 0 Å². The number of aromatic nitrogens is 2. The summed E-state index contributed by atoms with van der Waals surface area (Å²) in [5.74, 6) is -0.885. The fraction of sp³-hybridized carbons (Fsp3) is 0.200. The van der Waals surface area contributed by atoms with Gasteiger partial charge in [-0.1, -0.05) is 0 Å². The smallest absolute Gasteiger partial charge is 0.336 e. The van der Waals surface area contributed by atoms with Gasteiger partial charge in [0.05, 0.1) is 17.4 Å². The zero-order valence-corrected chi connectivity index (χ0v) is 9.49. The molecule has 0 spiro atoms. The molecule has 0 saturated carbocycles. The average Bonchev–Trinajstić information content (AvgIpc) is 2.83. The first-order valence-electron chi connectivity index (χ1n) is 4.68. The van der Waals surface area contributed by atoms with E-state index in [1.54, 1.807) is 22.3 Å². The van der Waals surface area contributed by atoms with Crippen molar-refractivity contribution in [1.82, 2.24) is 9.78 Å². The van der Waals surface area contributed by atoms with Crippen LogP contribution in [0.25, 0.3) is 0 Å². The largest absolute Gasteiger partial charge is 0.478 e. The minimum absolute atomic E-state index is 0.341. The van der Waals surface area contributed by atoms with E-state index in [0.717, 1.165) is 10.6 Å². The molecule has 0 aliphatic heterocycles. The molecule has 0 atom stereocenters. The summed E-state index contributed by atoms with van der Waals surface area (Å²) in [6.07, 6.45) is 3.59. The number of hydrogen-bond donors (Lipinski definition) is 2. The lowest BCUT2D eigenvalue weighted by Crippen LogP contribution is -1.97. The van der Waals surface area contributed by atoms with Crippen LogP contribution in [-0.4, -0.2) is 20.9 Å². The predicted molar refractivity (Wildman–Crippen MR) is 61.8 cm³/mol. The topological polar surface area (TPSA) is 67.2 Å². The van der Waals surface area contributed by atoms with Gasteiger partial charge >= 0.3 is 5.97 Å². The van der Waals surface area contributed by atoms with E-state index < -0.39 is 5.97 Å². The minimum Gasteiger partial charge on any atom is -0.478 e. The standard InChI is InChI=1S/C10H11N3O2S/c1-13-5-8(3-12-13)11-4-9-2-7(6-16-9)10(14)15/h2-3,5-6,11H,4H2,1H3,(H,14,15). The molecule has 84 valence electrons. The Balaban J connectivity index is 1.97. The molecule has 2 heterocycles. The van der Waals surface area contributed by atoms with E-state index >= 15 is 0 Å². The van der Waals surface area contributed by atoms with Gasteiger partial charge in [-0.2, -0.15) is 5.10 Å². The first kappa shape index (κ1) is 10.7. The number of carboxylic acids is 1. The molecule has 6 heteroatoms. The average molecular weight is 237 g/mol. The molecule has 0 aliphatic rings. The summed E-state index contributed by atoms with van der Waals surface area (Å²) in [5, 5.41) is 17.6. The highest BCUT2D eigenvalue weighted by molar-refractivity contribution is 7.10. The van der Waals surface area contributed by atoms with Crippen LogP contribution in [-0.2, 0) is 13.6 Å². The van der Waals surface area contributed by atoms with E-state index in [1.807, 2.05) is 13.2 Å². The van der Waals surface area contributed by atoms with Gasteiger partial charge in [-0.15, -0.1) is 11.3 Å². The molecule has 0 fully saturated rings. The minimum atomic E-state index is -0.885. The van der Waals surface area contributed by atoms with Gasteiger partial charge in [0.1, 0.15) is 0 Å². The Bertz CT molecular complexity index is 504. The molecule has 0 aliphatic carbocycles. The number of nitrogens with zero attached hydrogens (tertiary/aromatic N) is 2. The van der Waals surface area contributed by atoms with E-state index in [4.69, 9.17) is 5.11 Å². The van der Waals surface area contributed by atoms with Crippen LogP contribution in [0.2, 0.25) is 0 Å². The number of thiophene rings is 1. The fourth-order valence-corrected chi connectivity index (χ4v) is 2.08. The van der Waals surface area contributed by atoms with Gasteiger partial charge in [0, 0.05) is 30.0 Å². The van der Waals surface area contributed by atoms with E-state index in [9.17, 15) is 4.79 Å². The second-order valence-electron chi connectivity index (χ2n) is 3.36. The molecule has 2 aromatic heterocycles. The highest BCUT2D eigenvalue weighted by Gasteiger charge is 2.06. The number of rotatable bonds is 4. The summed E-state index contributed by atoms with van der Waals surface area (Å²) in [7, 11) is 1.85. The summed E-state index contributed by atoms with van der Waals surface area (Å²) < 4.78 is 1.71. The maximum Gasteiger partial charge on any atom is 0.336 e. The number of nitrogens with one attached hydrogen (secondary N) is 1. The van der Waals surface area contributed by atoms with Gasteiger partial charge in [0.25, 0.3) is 0 Å². The van der Waals surface area contributed by atoms with Crippen LogP contribution in [0.15, 0.2) is 23.8 Å². The van der Waals surface area contributed by atoms with Gasteiger partial charge in [-0.3, -0.25) is 4.68 Å².